The lowest BCUT2D eigenvalue weighted by Gasteiger charge is -2.28. The first-order valence-corrected chi connectivity index (χ1v) is 12.4. The zero-order valence-corrected chi connectivity index (χ0v) is 20.7. The van der Waals surface area contributed by atoms with Crippen LogP contribution < -0.4 is 4.74 Å². The Labute approximate surface area is 204 Å². The van der Waals surface area contributed by atoms with Gasteiger partial charge < -0.3 is 14.9 Å². The quantitative estimate of drug-likeness (QED) is 0.387. The number of phenols is 2. The van der Waals surface area contributed by atoms with Crippen LogP contribution in [-0.4, -0.2) is 41.4 Å². The Morgan fingerprint density at radius 2 is 1.38 bits per heavy atom. The Bertz CT molecular complexity index is 949. The molecule has 2 N–H and O–H groups in total. The minimum absolute atomic E-state index is 0.0880. The summed E-state index contributed by atoms with van der Waals surface area (Å²) in [5.74, 6) is 2.77. The largest absolute Gasteiger partial charge is 0.508 e. The van der Waals surface area contributed by atoms with Gasteiger partial charge in [0.05, 0.1) is 0 Å². The Hall–Kier alpha value is -2.98. The molecule has 4 rings (SSSR count). The molecule has 0 amide bonds. The highest BCUT2D eigenvalue weighted by molar-refractivity contribution is 5.33. The second-order valence-electron chi connectivity index (χ2n) is 9.46. The average Bonchev–Trinajstić information content (AvgIpc) is 3.34. The molecular weight excluding hydrogens is 422 g/mol. The van der Waals surface area contributed by atoms with Crippen LogP contribution in [-0.2, 0) is 0 Å². The first kappa shape index (κ1) is 25.6. The predicted octanol–water partition coefficient (Wildman–Crippen LogP) is 6.80. The molecule has 0 radical (unpaired) electrons. The van der Waals surface area contributed by atoms with Crippen molar-refractivity contribution < 1.29 is 14.9 Å². The highest BCUT2D eigenvalue weighted by Crippen LogP contribution is 2.38. The van der Waals surface area contributed by atoms with Crippen molar-refractivity contribution in [3.8, 4) is 17.2 Å². The topological polar surface area (TPSA) is 52.9 Å². The molecule has 4 nitrogen and oxygen atoms in total. The van der Waals surface area contributed by atoms with E-state index in [1.165, 1.54) is 55.3 Å². The fourth-order valence-corrected chi connectivity index (χ4v) is 4.79. The second-order valence-corrected chi connectivity index (χ2v) is 9.46. The van der Waals surface area contributed by atoms with Crippen molar-refractivity contribution >= 4 is 0 Å². The normalized spacial score (nSPS) is 15.4. The van der Waals surface area contributed by atoms with Crippen LogP contribution in [0.5, 0.6) is 17.2 Å². The predicted molar refractivity (Wildman–Crippen MR) is 140 cm³/mol. The van der Waals surface area contributed by atoms with E-state index in [-0.39, 0.29) is 11.5 Å². The molecular formula is C30H39NO3. The van der Waals surface area contributed by atoms with Gasteiger partial charge in [-0.25, -0.2) is 0 Å². The van der Waals surface area contributed by atoms with Crippen molar-refractivity contribution in [1.82, 2.24) is 4.90 Å². The average molecular weight is 462 g/mol. The molecule has 3 aromatic rings. The lowest BCUT2D eigenvalue weighted by molar-refractivity contribution is 0.237. The maximum Gasteiger partial charge on any atom is 0.119 e. The van der Waals surface area contributed by atoms with Crippen molar-refractivity contribution in [1.29, 1.82) is 0 Å². The van der Waals surface area contributed by atoms with Crippen LogP contribution >= 0.6 is 0 Å². The molecule has 1 saturated heterocycles. The van der Waals surface area contributed by atoms with Gasteiger partial charge in [-0.1, -0.05) is 69.3 Å². The molecule has 4 heteroatoms. The summed E-state index contributed by atoms with van der Waals surface area (Å²) >= 11 is 0. The third-order valence-corrected chi connectivity index (χ3v) is 6.55. The van der Waals surface area contributed by atoms with E-state index in [2.05, 4.69) is 80.3 Å². The molecule has 0 spiro atoms. The third kappa shape index (κ3) is 7.81. The summed E-state index contributed by atoms with van der Waals surface area (Å²) in [6.07, 6.45) is 2.68. The summed E-state index contributed by atoms with van der Waals surface area (Å²) < 4.78 is 5.95. The summed E-state index contributed by atoms with van der Waals surface area (Å²) in [5.41, 5.74) is 2.82. The van der Waals surface area contributed by atoms with Crippen molar-refractivity contribution in [3.63, 3.8) is 0 Å². The van der Waals surface area contributed by atoms with Gasteiger partial charge in [0.15, 0.2) is 0 Å². The Kier molecular flexibility index (Phi) is 9.84. The SMILES string of the molecule is CC(C)[C@@H](c1ccccc1)[C@H](C)c1ccc(OCCN2CCCC2)cc1.Oc1cccc(O)c1. The molecule has 2 atom stereocenters. The molecule has 0 aliphatic carbocycles. The minimum atomic E-state index is 0.0880. The summed E-state index contributed by atoms with van der Waals surface area (Å²) in [7, 11) is 0. The molecule has 1 aliphatic heterocycles. The summed E-state index contributed by atoms with van der Waals surface area (Å²) in [4.78, 5) is 2.49. The zero-order valence-electron chi connectivity index (χ0n) is 20.7. The van der Waals surface area contributed by atoms with E-state index in [9.17, 15) is 0 Å². The van der Waals surface area contributed by atoms with Crippen LogP contribution in [0.1, 0.15) is 56.6 Å². The molecule has 182 valence electrons. The smallest absolute Gasteiger partial charge is 0.119 e. The van der Waals surface area contributed by atoms with Gasteiger partial charge in [-0.05, 0) is 79.1 Å². The van der Waals surface area contributed by atoms with Crippen LogP contribution in [0.2, 0.25) is 0 Å². The molecule has 0 unspecified atom stereocenters. The fraction of sp³-hybridized carbons (Fsp3) is 0.400. The molecule has 0 bridgehead atoms. The monoisotopic (exact) mass is 461 g/mol. The van der Waals surface area contributed by atoms with Crippen LogP contribution in [0, 0.1) is 5.92 Å². The maximum atomic E-state index is 8.65. The molecule has 1 fully saturated rings. The van der Waals surface area contributed by atoms with Gasteiger partial charge in [0, 0.05) is 12.6 Å². The highest BCUT2D eigenvalue weighted by Gasteiger charge is 2.24. The molecule has 34 heavy (non-hydrogen) atoms. The van der Waals surface area contributed by atoms with Crippen LogP contribution in [0.4, 0.5) is 0 Å². The number of rotatable bonds is 8. The van der Waals surface area contributed by atoms with Gasteiger partial charge >= 0.3 is 0 Å². The third-order valence-electron chi connectivity index (χ3n) is 6.55. The van der Waals surface area contributed by atoms with Gasteiger partial charge in [0.25, 0.3) is 0 Å². The number of aromatic hydroxyl groups is 2. The Morgan fingerprint density at radius 1 is 0.765 bits per heavy atom. The van der Waals surface area contributed by atoms with E-state index < -0.39 is 0 Å². The van der Waals surface area contributed by atoms with E-state index in [0.717, 1.165) is 18.9 Å². The number of ether oxygens (including phenoxy) is 1. The van der Waals surface area contributed by atoms with Crippen molar-refractivity contribution in [2.75, 3.05) is 26.2 Å². The number of phenolic OH excluding ortho intramolecular Hbond substituents is 2. The van der Waals surface area contributed by atoms with Gasteiger partial charge in [-0.15, -0.1) is 0 Å². The van der Waals surface area contributed by atoms with E-state index >= 15 is 0 Å². The molecule has 3 aromatic carbocycles. The van der Waals surface area contributed by atoms with Crippen LogP contribution in [0.3, 0.4) is 0 Å². The van der Waals surface area contributed by atoms with E-state index in [1.54, 1.807) is 6.07 Å². The maximum absolute atomic E-state index is 8.65. The standard InChI is InChI=1S/C24H33NO.C6H6O2/c1-19(2)24(22-9-5-4-6-10-22)20(3)21-11-13-23(14-12-21)26-18-17-25-15-7-8-16-25;7-5-2-1-3-6(8)4-5/h4-6,9-14,19-20,24H,7-8,15-18H2,1-3H3;1-4,7-8H/t20-,24-;/m1./s1. The van der Waals surface area contributed by atoms with Gasteiger partial charge in [0.1, 0.15) is 23.9 Å². The number of hydrogen-bond acceptors (Lipinski definition) is 4. The number of likely N-dealkylation sites (tertiary alicyclic amines) is 1. The highest BCUT2D eigenvalue weighted by atomic mass is 16.5. The Morgan fingerprint density at radius 3 is 1.91 bits per heavy atom. The molecule has 1 heterocycles. The Balaban J connectivity index is 0.000000343. The lowest BCUT2D eigenvalue weighted by Crippen LogP contribution is -2.25. The number of benzene rings is 3. The van der Waals surface area contributed by atoms with Gasteiger partial charge in [-0.2, -0.15) is 0 Å². The second kappa shape index (κ2) is 13.0. The molecule has 0 aromatic heterocycles. The molecule has 0 saturated carbocycles. The van der Waals surface area contributed by atoms with Crippen LogP contribution in [0.25, 0.3) is 0 Å². The van der Waals surface area contributed by atoms with Crippen LogP contribution in [0.15, 0.2) is 78.9 Å². The van der Waals surface area contributed by atoms with Gasteiger partial charge in [0.2, 0.25) is 0 Å². The lowest BCUT2D eigenvalue weighted by atomic mass is 9.76. The molecule has 1 aliphatic rings. The van der Waals surface area contributed by atoms with Crippen molar-refractivity contribution in [3.05, 3.63) is 90.0 Å². The van der Waals surface area contributed by atoms with Crippen molar-refractivity contribution in [2.45, 2.75) is 45.4 Å². The summed E-state index contributed by atoms with van der Waals surface area (Å²) in [6, 6.07) is 25.5. The van der Waals surface area contributed by atoms with E-state index in [0.29, 0.717) is 17.8 Å². The van der Waals surface area contributed by atoms with E-state index in [4.69, 9.17) is 14.9 Å². The fourth-order valence-electron chi connectivity index (χ4n) is 4.79. The zero-order chi connectivity index (χ0) is 24.3. The number of nitrogens with zero attached hydrogens (tertiary/aromatic N) is 1. The first-order chi connectivity index (χ1) is 16.4. The summed E-state index contributed by atoms with van der Waals surface area (Å²) in [6.45, 7) is 11.3. The van der Waals surface area contributed by atoms with E-state index in [1.807, 2.05) is 0 Å². The number of hydrogen-bond donors (Lipinski definition) is 2. The summed E-state index contributed by atoms with van der Waals surface area (Å²) in [5, 5.41) is 17.3. The van der Waals surface area contributed by atoms with Crippen molar-refractivity contribution in [2.24, 2.45) is 5.92 Å². The van der Waals surface area contributed by atoms with Gasteiger partial charge in [-0.3, -0.25) is 4.90 Å². The first-order valence-electron chi connectivity index (χ1n) is 12.4. The minimum Gasteiger partial charge on any atom is -0.508 e.